The molecule has 1 atom stereocenters. The summed E-state index contributed by atoms with van der Waals surface area (Å²) in [4.78, 5) is 11.2. The molecule has 68 valence electrons. The third-order valence-corrected chi connectivity index (χ3v) is 2.09. The summed E-state index contributed by atoms with van der Waals surface area (Å²) in [6.07, 6.45) is 2.93. The van der Waals surface area contributed by atoms with Gasteiger partial charge in [0.2, 0.25) is 0 Å². The molecule has 0 amide bonds. The van der Waals surface area contributed by atoms with Gasteiger partial charge in [-0.05, 0) is 12.8 Å². The Labute approximate surface area is 73.6 Å². The molecule has 12 heavy (non-hydrogen) atoms. The van der Waals surface area contributed by atoms with Crippen LogP contribution in [0.1, 0.15) is 33.1 Å². The molecule has 1 saturated carbocycles. The Morgan fingerprint density at radius 3 is 2.75 bits per heavy atom. The van der Waals surface area contributed by atoms with Gasteiger partial charge in [0.05, 0.1) is 5.92 Å². The van der Waals surface area contributed by atoms with Gasteiger partial charge in [-0.25, -0.2) is 0 Å². The zero-order chi connectivity index (χ0) is 9.14. The summed E-state index contributed by atoms with van der Waals surface area (Å²) in [5, 5.41) is 0. The number of hydrogen-bond donors (Lipinski definition) is 0. The lowest BCUT2D eigenvalue weighted by molar-refractivity contribution is -0.152. The average molecular weight is 168 g/mol. The van der Waals surface area contributed by atoms with Crippen molar-refractivity contribution in [3.63, 3.8) is 0 Å². The summed E-state index contributed by atoms with van der Waals surface area (Å²) in [6.45, 7) is 7.57. The molecule has 0 aromatic heterocycles. The van der Waals surface area contributed by atoms with E-state index in [2.05, 4.69) is 6.58 Å². The van der Waals surface area contributed by atoms with Gasteiger partial charge in [-0.15, -0.1) is 0 Å². The van der Waals surface area contributed by atoms with E-state index in [0.717, 1.165) is 19.3 Å². The fourth-order valence-corrected chi connectivity index (χ4v) is 1.29. The molecular formula is C10H16O2. The lowest BCUT2D eigenvalue weighted by Crippen LogP contribution is -2.18. The highest BCUT2D eigenvalue weighted by molar-refractivity contribution is 5.71. The van der Waals surface area contributed by atoms with Gasteiger partial charge in [0.25, 0.3) is 0 Å². The first-order chi connectivity index (χ1) is 5.59. The molecule has 1 rings (SSSR count). The summed E-state index contributed by atoms with van der Waals surface area (Å²) in [5.41, 5.74) is 1.21. The Bertz CT molecular complexity index is 194. The van der Waals surface area contributed by atoms with Gasteiger partial charge in [0.1, 0.15) is 6.10 Å². The molecule has 0 aromatic carbocycles. The van der Waals surface area contributed by atoms with Crippen molar-refractivity contribution < 1.29 is 9.53 Å². The average Bonchev–Trinajstić information content (AvgIpc) is 2.35. The van der Waals surface area contributed by atoms with Crippen LogP contribution in [0.5, 0.6) is 0 Å². The molecule has 0 saturated heterocycles. The zero-order valence-corrected chi connectivity index (χ0v) is 7.80. The predicted octanol–water partition coefficient (Wildman–Crippen LogP) is 2.29. The van der Waals surface area contributed by atoms with Crippen LogP contribution in [0.4, 0.5) is 0 Å². The van der Waals surface area contributed by atoms with Crippen LogP contribution in [0.3, 0.4) is 0 Å². The molecule has 0 bridgehead atoms. The Morgan fingerprint density at radius 2 is 2.33 bits per heavy atom. The standard InChI is InChI=1S/C10H16O2/c1-7(2)10(11)12-9-5-4-8(3)6-9/h7,9H,3-6H2,1-2H3. The second-order valence-corrected chi connectivity index (χ2v) is 3.71. The van der Waals surface area contributed by atoms with E-state index in [1.807, 2.05) is 13.8 Å². The topological polar surface area (TPSA) is 26.3 Å². The van der Waals surface area contributed by atoms with Gasteiger partial charge in [-0.2, -0.15) is 0 Å². The monoisotopic (exact) mass is 168 g/mol. The van der Waals surface area contributed by atoms with Crippen molar-refractivity contribution in [2.24, 2.45) is 5.92 Å². The molecule has 0 heterocycles. The summed E-state index contributed by atoms with van der Waals surface area (Å²) in [6, 6.07) is 0. The maximum Gasteiger partial charge on any atom is 0.308 e. The van der Waals surface area contributed by atoms with E-state index in [1.165, 1.54) is 5.57 Å². The van der Waals surface area contributed by atoms with Crippen LogP contribution in [0.15, 0.2) is 12.2 Å². The fourth-order valence-electron chi connectivity index (χ4n) is 1.29. The SMILES string of the molecule is C=C1CCC(OC(=O)C(C)C)C1. The van der Waals surface area contributed by atoms with Crippen LogP contribution in [0, 0.1) is 5.92 Å². The number of carbonyl (C=O) groups excluding carboxylic acids is 1. The van der Waals surface area contributed by atoms with Crippen LogP contribution in [0.2, 0.25) is 0 Å². The second-order valence-electron chi connectivity index (χ2n) is 3.71. The minimum atomic E-state index is -0.0882. The Morgan fingerprint density at radius 1 is 1.67 bits per heavy atom. The minimum Gasteiger partial charge on any atom is -0.462 e. The lowest BCUT2D eigenvalue weighted by atomic mass is 10.2. The van der Waals surface area contributed by atoms with Crippen LogP contribution >= 0.6 is 0 Å². The molecule has 2 heteroatoms. The van der Waals surface area contributed by atoms with E-state index in [4.69, 9.17) is 4.74 Å². The maximum atomic E-state index is 11.2. The van der Waals surface area contributed by atoms with Gasteiger partial charge in [-0.1, -0.05) is 26.0 Å². The predicted molar refractivity (Wildman–Crippen MR) is 47.7 cm³/mol. The molecular weight excluding hydrogens is 152 g/mol. The van der Waals surface area contributed by atoms with Crippen LogP contribution in [-0.4, -0.2) is 12.1 Å². The highest BCUT2D eigenvalue weighted by atomic mass is 16.5. The minimum absolute atomic E-state index is 0.0149. The van der Waals surface area contributed by atoms with E-state index in [1.54, 1.807) is 0 Å². The van der Waals surface area contributed by atoms with Gasteiger partial charge in [0.15, 0.2) is 0 Å². The number of carbonyl (C=O) groups is 1. The summed E-state index contributed by atoms with van der Waals surface area (Å²) >= 11 is 0. The molecule has 1 unspecified atom stereocenters. The highest BCUT2D eigenvalue weighted by Crippen LogP contribution is 2.25. The Hall–Kier alpha value is -0.790. The van der Waals surface area contributed by atoms with Crippen molar-refractivity contribution in [1.29, 1.82) is 0 Å². The third kappa shape index (κ3) is 2.36. The van der Waals surface area contributed by atoms with Crippen LogP contribution in [0.25, 0.3) is 0 Å². The van der Waals surface area contributed by atoms with Crippen molar-refractivity contribution in [3.05, 3.63) is 12.2 Å². The smallest absolute Gasteiger partial charge is 0.308 e. The van der Waals surface area contributed by atoms with E-state index in [0.29, 0.717) is 0 Å². The molecule has 0 N–H and O–H groups in total. The largest absolute Gasteiger partial charge is 0.462 e. The number of esters is 1. The number of rotatable bonds is 2. The molecule has 1 fully saturated rings. The van der Waals surface area contributed by atoms with E-state index >= 15 is 0 Å². The molecule has 0 aromatic rings. The maximum absolute atomic E-state index is 11.2. The van der Waals surface area contributed by atoms with Gasteiger partial charge >= 0.3 is 5.97 Å². The number of hydrogen-bond acceptors (Lipinski definition) is 2. The summed E-state index contributed by atoms with van der Waals surface area (Å²) in [5.74, 6) is -0.103. The molecule has 0 spiro atoms. The normalized spacial score (nSPS) is 23.2. The fraction of sp³-hybridized carbons (Fsp3) is 0.700. The zero-order valence-electron chi connectivity index (χ0n) is 7.80. The molecule has 0 aliphatic heterocycles. The first-order valence-corrected chi connectivity index (χ1v) is 4.46. The van der Waals surface area contributed by atoms with Crippen molar-refractivity contribution in [2.75, 3.05) is 0 Å². The molecule has 1 aliphatic rings. The third-order valence-electron chi connectivity index (χ3n) is 2.09. The quantitative estimate of drug-likeness (QED) is 0.467. The molecule has 1 aliphatic carbocycles. The van der Waals surface area contributed by atoms with Gasteiger partial charge in [0, 0.05) is 6.42 Å². The van der Waals surface area contributed by atoms with Gasteiger partial charge < -0.3 is 4.74 Å². The van der Waals surface area contributed by atoms with E-state index in [-0.39, 0.29) is 18.0 Å². The highest BCUT2D eigenvalue weighted by Gasteiger charge is 2.22. The Kier molecular flexibility index (Phi) is 2.90. The van der Waals surface area contributed by atoms with Crippen molar-refractivity contribution in [2.45, 2.75) is 39.2 Å². The lowest BCUT2D eigenvalue weighted by Gasteiger charge is -2.12. The first-order valence-electron chi connectivity index (χ1n) is 4.46. The molecule has 2 nitrogen and oxygen atoms in total. The number of ether oxygens (including phenoxy) is 1. The second kappa shape index (κ2) is 3.74. The van der Waals surface area contributed by atoms with Crippen molar-refractivity contribution in [3.8, 4) is 0 Å². The van der Waals surface area contributed by atoms with Crippen molar-refractivity contribution in [1.82, 2.24) is 0 Å². The van der Waals surface area contributed by atoms with Crippen LogP contribution in [-0.2, 0) is 9.53 Å². The summed E-state index contributed by atoms with van der Waals surface area (Å²) in [7, 11) is 0. The first kappa shape index (κ1) is 9.30. The van der Waals surface area contributed by atoms with E-state index in [9.17, 15) is 4.79 Å². The Balaban J connectivity index is 2.32. The van der Waals surface area contributed by atoms with Gasteiger partial charge in [-0.3, -0.25) is 4.79 Å². The molecule has 0 radical (unpaired) electrons. The van der Waals surface area contributed by atoms with E-state index < -0.39 is 0 Å². The van der Waals surface area contributed by atoms with Crippen molar-refractivity contribution >= 4 is 5.97 Å². The van der Waals surface area contributed by atoms with Crippen LogP contribution < -0.4 is 0 Å². The summed E-state index contributed by atoms with van der Waals surface area (Å²) < 4.78 is 5.24.